The second-order valence-electron chi connectivity index (χ2n) is 3.81. The molecule has 2 rings (SSSR count). The van der Waals surface area contributed by atoms with Gasteiger partial charge in [-0.15, -0.1) is 0 Å². The van der Waals surface area contributed by atoms with Crippen LogP contribution in [0.4, 0.5) is 0 Å². The topological polar surface area (TPSA) is 55.8 Å². The minimum Gasteiger partial charge on any atom is -0.493 e. The Balaban J connectivity index is 2.35. The minimum atomic E-state index is -0.777. The lowest BCUT2D eigenvalue weighted by atomic mass is 9.90. The van der Waals surface area contributed by atoms with Crippen molar-refractivity contribution in [2.45, 2.75) is 18.8 Å². The van der Waals surface area contributed by atoms with Crippen LogP contribution in [0.3, 0.4) is 0 Å². The van der Waals surface area contributed by atoms with Crippen LogP contribution < -0.4 is 9.47 Å². The van der Waals surface area contributed by atoms with E-state index in [2.05, 4.69) is 0 Å². The van der Waals surface area contributed by atoms with Gasteiger partial charge in [-0.1, -0.05) is 12.1 Å². The molecule has 1 heterocycles. The highest BCUT2D eigenvalue weighted by Gasteiger charge is 2.25. The summed E-state index contributed by atoms with van der Waals surface area (Å²) in [4.78, 5) is 10.8. The van der Waals surface area contributed by atoms with Gasteiger partial charge in [0, 0.05) is 11.5 Å². The Kier molecular flexibility index (Phi) is 2.99. The number of ether oxygens (including phenoxy) is 2. The van der Waals surface area contributed by atoms with E-state index in [1.165, 1.54) is 0 Å². The van der Waals surface area contributed by atoms with E-state index >= 15 is 0 Å². The summed E-state index contributed by atoms with van der Waals surface area (Å²) in [6.45, 7) is 0.547. The molecular formula is C12H14O4. The average Bonchev–Trinajstić information content (AvgIpc) is 2.28. The molecule has 1 aromatic rings. The first kappa shape index (κ1) is 10.8. The van der Waals surface area contributed by atoms with Crippen molar-refractivity contribution in [2.24, 2.45) is 0 Å². The summed E-state index contributed by atoms with van der Waals surface area (Å²) in [6.07, 6.45) is 0.885. The Morgan fingerprint density at radius 3 is 3.12 bits per heavy atom. The van der Waals surface area contributed by atoms with Crippen LogP contribution in [0.15, 0.2) is 18.2 Å². The number of hydrogen-bond donors (Lipinski definition) is 1. The fraction of sp³-hybridized carbons (Fsp3) is 0.417. The Bertz CT molecular complexity index is 400. The number of carboxylic acid groups (broad SMARTS) is 1. The maximum atomic E-state index is 10.8. The van der Waals surface area contributed by atoms with Crippen LogP contribution in [0.2, 0.25) is 0 Å². The minimum absolute atomic E-state index is 0.0244. The predicted molar refractivity (Wildman–Crippen MR) is 58.1 cm³/mol. The molecule has 0 aromatic heterocycles. The van der Waals surface area contributed by atoms with Gasteiger partial charge in [0.2, 0.25) is 0 Å². The highest BCUT2D eigenvalue weighted by atomic mass is 16.5. The highest BCUT2D eigenvalue weighted by molar-refractivity contribution is 5.68. The molecule has 4 heteroatoms. The third-order valence-corrected chi connectivity index (χ3v) is 2.80. The Morgan fingerprint density at radius 2 is 2.44 bits per heavy atom. The maximum Gasteiger partial charge on any atom is 0.303 e. The number of aliphatic carboxylic acids is 1. The number of fused-ring (bicyclic) bond motifs is 1. The van der Waals surface area contributed by atoms with E-state index in [-0.39, 0.29) is 12.3 Å². The van der Waals surface area contributed by atoms with E-state index in [1.54, 1.807) is 7.11 Å². The smallest absolute Gasteiger partial charge is 0.303 e. The van der Waals surface area contributed by atoms with Gasteiger partial charge < -0.3 is 14.6 Å². The van der Waals surface area contributed by atoms with Crippen molar-refractivity contribution in [3.63, 3.8) is 0 Å². The van der Waals surface area contributed by atoms with Gasteiger partial charge in [-0.25, -0.2) is 0 Å². The number of hydrogen-bond acceptors (Lipinski definition) is 3. The van der Waals surface area contributed by atoms with Crippen molar-refractivity contribution in [2.75, 3.05) is 13.7 Å². The van der Waals surface area contributed by atoms with Gasteiger partial charge in [-0.3, -0.25) is 4.79 Å². The number of para-hydroxylation sites is 1. The van der Waals surface area contributed by atoms with Gasteiger partial charge >= 0.3 is 5.97 Å². The van der Waals surface area contributed by atoms with Crippen molar-refractivity contribution in [3.05, 3.63) is 23.8 Å². The molecule has 16 heavy (non-hydrogen) atoms. The fourth-order valence-corrected chi connectivity index (χ4v) is 2.05. The van der Waals surface area contributed by atoms with Crippen molar-refractivity contribution >= 4 is 5.97 Å². The summed E-state index contributed by atoms with van der Waals surface area (Å²) in [5.41, 5.74) is 0.938. The predicted octanol–water partition coefficient (Wildman–Crippen LogP) is 2.04. The first-order chi connectivity index (χ1) is 7.72. The van der Waals surface area contributed by atoms with E-state index in [0.29, 0.717) is 18.1 Å². The Morgan fingerprint density at radius 1 is 1.62 bits per heavy atom. The van der Waals surface area contributed by atoms with Crippen molar-refractivity contribution in [1.29, 1.82) is 0 Å². The number of rotatable bonds is 3. The highest BCUT2D eigenvalue weighted by Crippen LogP contribution is 2.41. The van der Waals surface area contributed by atoms with Gasteiger partial charge in [0.1, 0.15) is 0 Å². The normalized spacial score (nSPS) is 18.4. The van der Waals surface area contributed by atoms with Crippen LogP contribution in [-0.4, -0.2) is 24.8 Å². The zero-order chi connectivity index (χ0) is 11.5. The van der Waals surface area contributed by atoms with Gasteiger partial charge in [-0.05, 0) is 12.5 Å². The molecule has 1 unspecified atom stereocenters. The molecule has 0 saturated heterocycles. The lowest BCUT2D eigenvalue weighted by Crippen LogP contribution is -2.17. The zero-order valence-corrected chi connectivity index (χ0v) is 9.10. The van der Waals surface area contributed by atoms with Gasteiger partial charge in [0.15, 0.2) is 11.5 Å². The van der Waals surface area contributed by atoms with Crippen LogP contribution in [0.1, 0.15) is 24.3 Å². The Hall–Kier alpha value is -1.71. The monoisotopic (exact) mass is 222 g/mol. The second-order valence-corrected chi connectivity index (χ2v) is 3.81. The molecule has 0 spiro atoms. The molecule has 0 saturated carbocycles. The molecule has 1 aliphatic heterocycles. The summed E-state index contributed by atoms with van der Waals surface area (Å²) >= 11 is 0. The summed E-state index contributed by atoms with van der Waals surface area (Å²) in [5, 5.41) is 8.85. The molecule has 1 atom stereocenters. The standard InChI is InChI=1S/C12H14O4/c1-15-10-4-2-3-9-8(7-11(13)14)5-6-16-12(9)10/h2-4,8H,5-7H2,1H3,(H,13,14). The van der Waals surface area contributed by atoms with Crippen LogP contribution >= 0.6 is 0 Å². The SMILES string of the molecule is COc1cccc2c1OCCC2CC(=O)O. The number of benzene rings is 1. The number of carboxylic acids is 1. The molecule has 0 amide bonds. The summed E-state index contributed by atoms with van der Waals surface area (Å²) in [6, 6.07) is 5.59. The molecule has 0 bridgehead atoms. The maximum absolute atomic E-state index is 10.8. The van der Waals surface area contributed by atoms with Crippen LogP contribution in [0, 0.1) is 0 Å². The summed E-state index contributed by atoms with van der Waals surface area (Å²) < 4.78 is 10.7. The largest absolute Gasteiger partial charge is 0.493 e. The molecule has 1 aromatic carbocycles. The molecule has 1 N–H and O–H groups in total. The number of methoxy groups -OCH3 is 1. The van der Waals surface area contributed by atoms with Crippen molar-refractivity contribution in [1.82, 2.24) is 0 Å². The van der Waals surface area contributed by atoms with E-state index in [1.807, 2.05) is 18.2 Å². The quantitative estimate of drug-likeness (QED) is 0.850. The average molecular weight is 222 g/mol. The van der Waals surface area contributed by atoms with Gasteiger partial charge in [-0.2, -0.15) is 0 Å². The third kappa shape index (κ3) is 1.96. The van der Waals surface area contributed by atoms with Gasteiger partial charge in [0.05, 0.1) is 20.1 Å². The van der Waals surface area contributed by atoms with Crippen LogP contribution in [-0.2, 0) is 4.79 Å². The lowest BCUT2D eigenvalue weighted by molar-refractivity contribution is -0.137. The number of carbonyl (C=O) groups is 1. The van der Waals surface area contributed by atoms with Crippen molar-refractivity contribution in [3.8, 4) is 11.5 Å². The van der Waals surface area contributed by atoms with E-state index in [0.717, 1.165) is 12.0 Å². The van der Waals surface area contributed by atoms with E-state index in [4.69, 9.17) is 14.6 Å². The zero-order valence-electron chi connectivity index (χ0n) is 9.10. The van der Waals surface area contributed by atoms with Crippen LogP contribution in [0.25, 0.3) is 0 Å². The second kappa shape index (κ2) is 4.43. The molecule has 86 valence electrons. The Labute approximate surface area is 93.8 Å². The molecule has 4 nitrogen and oxygen atoms in total. The van der Waals surface area contributed by atoms with E-state index in [9.17, 15) is 4.79 Å². The molecule has 0 fully saturated rings. The fourth-order valence-electron chi connectivity index (χ4n) is 2.05. The van der Waals surface area contributed by atoms with Crippen LogP contribution in [0.5, 0.6) is 11.5 Å². The summed E-state index contributed by atoms with van der Waals surface area (Å²) in [5.74, 6) is 0.618. The molecule has 0 radical (unpaired) electrons. The molecular weight excluding hydrogens is 208 g/mol. The first-order valence-electron chi connectivity index (χ1n) is 5.24. The molecule has 1 aliphatic rings. The summed E-state index contributed by atoms with van der Waals surface area (Å²) in [7, 11) is 1.58. The molecule has 0 aliphatic carbocycles. The van der Waals surface area contributed by atoms with E-state index < -0.39 is 5.97 Å². The third-order valence-electron chi connectivity index (χ3n) is 2.80. The first-order valence-corrected chi connectivity index (χ1v) is 5.24. The van der Waals surface area contributed by atoms with Gasteiger partial charge in [0.25, 0.3) is 0 Å². The lowest BCUT2D eigenvalue weighted by Gasteiger charge is -2.26. The van der Waals surface area contributed by atoms with Crippen molar-refractivity contribution < 1.29 is 19.4 Å².